The molecule has 24 heavy (non-hydrogen) atoms. The predicted molar refractivity (Wildman–Crippen MR) is 94.1 cm³/mol. The van der Waals surface area contributed by atoms with Crippen molar-refractivity contribution >= 4 is 17.7 Å². The third-order valence-electron chi connectivity index (χ3n) is 3.31. The Morgan fingerprint density at radius 1 is 1.12 bits per heavy atom. The molecule has 118 valence electrons. The van der Waals surface area contributed by atoms with Gasteiger partial charge in [-0.15, -0.1) is 0 Å². The van der Waals surface area contributed by atoms with Crippen LogP contribution in [0.1, 0.15) is 11.4 Å². The molecule has 5 nitrogen and oxygen atoms in total. The molecule has 0 atom stereocenters. The fraction of sp³-hybridized carbons (Fsp3) is 0.0526. The van der Waals surface area contributed by atoms with E-state index in [4.69, 9.17) is 0 Å². The van der Waals surface area contributed by atoms with Crippen molar-refractivity contribution in [2.24, 2.45) is 0 Å². The molecule has 0 radical (unpaired) electrons. The topological polar surface area (TPSA) is 67.8 Å². The molecule has 0 spiro atoms. The molecule has 5 heteroatoms. The predicted octanol–water partition coefficient (Wildman–Crippen LogP) is 3.50. The zero-order valence-corrected chi connectivity index (χ0v) is 13.2. The van der Waals surface area contributed by atoms with Gasteiger partial charge in [0.05, 0.1) is 5.69 Å². The number of carbonyl (C=O) groups excluding carboxylic acids is 1. The number of nitrogens with one attached hydrogen (secondary N) is 1. The summed E-state index contributed by atoms with van der Waals surface area (Å²) < 4.78 is 0. The number of pyridine rings is 1. The lowest BCUT2D eigenvalue weighted by atomic mass is 10.1. The number of carbonyl (C=O) groups is 1. The smallest absolute Gasteiger partial charge is 0.248 e. The first-order chi connectivity index (χ1) is 11.7. The van der Waals surface area contributed by atoms with Crippen molar-refractivity contribution in [2.75, 3.05) is 5.32 Å². The summed E-state index contributed by atoms with van der Waals surface area (Å²) in [5.41, 5.74) is 3.33. The van der Waals surface area contributed by atoms with E-state index in [0.29, 0.717) is 11.5 Å². The van der Waals surface area contributed by atoms with Crippen LogP contribution in [0, 0.1) is 6.92 Å². The lowest BCUT2D eigenvalue weighted by Gasteiger charge is -2.06. The lowest BCUT2D eigenvalue weighted by molar-refractivity contribution is -0.111. The van der Waals surface area contributed by atoms with E-state index in [0.717, 1.165) is 16.8 Å². The van der Waals surface area contributed by atoms with Gasteiger partial charge in [0.15, 0.2) is 0 Å². The highest BCUT2D eigenvalue weighted by molar-refractivity contribution is 6.02. The summed E-state index contributed by atoms with van der Waals surface area (Å²) in [4.78, 5) is 24.5. The molecular weight excluding hydrogens is 300 g/mol. The normalized spacial score (nSPS) is 10.7. The maximum Gasteiger partial charge on any atom is 0.248 e. The SMILES string of the molecule is Cc1nccc(-c2cccc(NC(=O)/C=C/c3cccnc3)c2)n1. The van der Waals surface area contributed by atoms with E-state index in [-0.39, 0.29) is 5.91 Å². The average molecular weight is 316 g/mol. The number of aromatic nitrogens is 3. The Morgan fingerprint density at radius 2 is 2.04 bits per heavy atom. The minimum atomic E-state index is -0.199. The van der Waals surface area contributed by atoms with Gasteiger partial charge < -0.3 is 5.32 Å². The van der Waals surface area contributed by atoms with E-state index in [9.17, 15) is 4.79 Å². The third kappa shape index (κ3) is 4.10. The quantitative estimate of drug-likeness (QED) is 0.748. The molecule has 1 amide bonds. The highest BCUT2D eigenvalue weighted by atomic mass is 16.1. The Kier molecular flexibility index (Phi) is 4.72. The summed E-state index contributed by atoms with van der Waals surface area (Å²) in [7, 11) is 0. The molecule has 3 rings (SSSR count). The summed E-state index contributed by atoms with van der Waals surface area (Å²) in [5.74, 6) is 0.510. The highest BCUT2D eigenvalue weighted by Gasteiger charge is 2.03. The Labute approximate surface area is 140 Å². The molecule has 2 aromatic heterocycles. The Bertz CT molecular complexity index is 875. The van der Waals surface area contributed by atoms with Gasteiger partial charge in [0.25, 0.3) is 0 Å². The molecule has 2 heterocycles. The fourth-order valence-electron chi connectivity index (χ4n) is 2.20. The maximum atomic E-state index is 12.0. The Balaban J connectivity index is 1.73. The molecule has 0 unspecified atom stereocenters. The van der Waals surface area contributed by atoms with Gasteiger partial charge >= 0.3 is 0 Å². The maximum absolute atomic E-state index is 12.0. The van der Waals surface area contributed by atoms with Crippen molar-refractivity contribution in [1.82, 2.24) is 15.0 Å². The molecule has 1 N–H and O–H groups in total. The first-order valence-corrected chi connectivity index (χ1v) is 7.50. The van der Waals surface area contributed by atoms with Crippen LogP contribution in [0.3, 0.4) is 0 Å². The minimum Gasteiger partial charge on any atom is -0.322 e. The molecule has 0 aliphatic carbocycles. The van der Waals surface area contributed by atoms with Crippen LogP contribution in [-0.4, -0.2) is 20.9 Å². The molecule has 0 saturated carbocycles. The van der Waals surface area contributed by atoms with Crippen LogP contribution in [-0.2, 0) is 4.79 Å². The van der Waals surface area contributed by atoms with Crippen molar-refractivity contribution in [3.8, 4) is 11.3 Å². The molecule has 0 fully saturated rings. The van der Waals surface area contributed by atoms with Crippen LogP contribution in [0.4, 0.5) is 5.69 Å². The number of hydrogen-bond acceptors (Lipinski definition) is 4. The van der Waals surface area contributed by atoms with Crippen molar-refractivity contribution in [2.45, 2.75) is 6.92 Å². The van der Waals surface area contributed by atoms with Crippen LogP contribution in [0.5, 0.6) is 0 Å². The number of aryl methyl sites for hydroxylation is 1. The van der Waals surface area contributed by atoms with E-state index < -0.39 is 0 Å². The summed E-state index contributed by atoms with van der Waals surface area (Å²) in [5, 5.41) is 2.85. The van der Waals surface area contributed by atoms with Crippen molar-refractivity contribution in [3.05, 3.63) is 78.5 Å². The summed E-state index contributed by atoms with van der Waals surface area (Å²) >= 11 is 0. The van der Waals surface area contributed by atoms with Crippen LogP contribution in [0.2, 0.25) is 0 Å². The molecule has 1 aromatic carbocycles. The van der Waals surface area contributed by atoms with Crippen LogP contribution >= 0.6 is 0 Å². The molecule has 3 aromatic rings. The van der Waals surface area contributed by atoms with E-state index in [1.165, 1.54) is 6.08 Å². The number of amides is 1. The second kappa shape index (κ2) is 7.28. The minimum absolute atomic E-state index is 0.199. The number of nitrogens with zero attached hydrogens (tertiary/aromatic N) is 3. The first kappa shape index (κ1) is 15.6. The average Bonchev–Trinajstić information content (AvgIpc) is 2.61. The van der Waals surface area contributed by atoms with Crippen molar-refractivity contribution < 1.29 is 4.79 Å². The molecule has 0 aliphatic heterocycles. The standard InChI is InChI=1S/C19H16N4O/c1-14-21-11-9-18(22-14)16-5-2-6-17(12-16)23-19(24)8-7-15-4-3-10-20-13-15/h2-13H,1H3,(H,23,24)/b8-7+. The largest absolute Gasteiger partial charge is 0.322 e. The van der Waals surface area contributed by atoms with E-state index >= 15 is 0 Å². The second-order valence-corrected chi connectivity index (χ2v) is 5.18. The molecule has 0 aliphatic rings. The summed E-state index contributed by atoms with van der Waals surface area (Å²) in [6, 6.07) is 13.1. The fourth-order valence-corrected chi connectivity index (χ4v) is 2.20. The van der Waals surface area contributed by atoms with Gasteiger partial charge in [0.2, 0.25) is 5.91 Å². The van der Waals surface area contributed by atoms with E-state index in [2.05, 4.69) is 20.3 Å². The molecule has 0 saturated heterocycles. The van der Waals surface area contributed by atoms with Crippen molar-refractivity contribution in [3.63, 3.8) is 0 Å². The number of hydrogen-bond donors (Lipinski definition) is 1. The second-order valence-electron chi connectivity index (χ2n) is 5.18. The van der Waals surface area contributed by atoms with Gasteiger partial charge in [-0.25, -0.2) is 9.97 Å². The lowest BCUT2D eigenvalue weighted by Crippen LogP contribution is -2.07. The zero-order valence-electron chi connectivity index (χ0n) is 13.2. The van der Waals surface area contributed by atoms with Crippen molar-refractivity contribution in [1.29, 1.82) is 0 Å². The van der Waals surface area contributed by atoms with Crippen LogP contribution in [0.15, 0.2) is 67.1 Å². The number of anilines is 1. The van der Waals surface area contributed by atoms with E-state index in [1.807, 2.05) is 49.4 Å². The third-order valence-corrected chi connectivity index (χ3v) is 3.31. The Morgan fingerprint density at radius 3 is 2.83 bits per heavy atom. The summed E-state index contributed by atoms with van der Waals surface area (Å²) in [6.45, 7) is 1.85. The van der Waals surface area contributed by atoms with Gasteiger partial charge in [-0.1, -0.05) is 18.2 Å². The number of benzene rings is 1. The van der Waals surface area contributed by atoms with Gasteiger partial charge in [0, 0.05) is 35.9 Å². The first-order valence-electron chi connectivity index (χ1n) is 7.50. The molecule has 0 bridgehead atoms. The van der Waals surface area contributed by atoms with Crippen LogP contribution < -0.4 is 5.32 Å². The van der Waals surface area contributed by atoms with Gasteiger partial charge in [-0.3, -0.25) is 9.78 Å². The highest BCUT2D eigenvalue weighted by Crippen LogP contribution is 2.20. The monoisotopic (exact) mass is 316 g/mol. The Hall–Kier alpha value is -3.34. The van der Waals surface area contributed by atoms with E-state index in [1.54, 1.807) is 24.7 Å². The van der Waals surface area contributed by atoms with Crippen LogP contribution in [0.25, 0.3) is 17.3 Å². The van der Waals surface area contributed by atoms with Gasteiger partial charge in [-0.05, 0) is 42.8 Å². The van der Waals surface area contributed by atoms with Gasteiger partial charge in [-0.2, -0.15) is 0 Å². The summed E-state index contributed by atoms with van der Waals surface area (Å²) in [6.07, 6.45) is 8.32. The molecular formula is C19H16N4O. The zero-order chi connectivity index (χ0) is 16.8. The number of rotatable bonds is 4. The van der Waals surface area contributed by atoms with Gasteiger partial charge in [0.1, 0.15) is 5.82 Å².